The van der Waals surface area contributed by atoms with Gasteiger partial charge in [0.2, 0.25) is 15.9 Å². The minimum Gasteiger partial charge on any atom is -0.274 e. The number of carbonyl (C=O) groups excluding carboxylic acids is 1. The van der Waals surface area contributed by atoms with Gasteiger partial charge in [0.25, 0.3) is 0 Å². The molecule has 0 unspecified atom stereocenters. The Morgan fingerprint density at radius 3 is 2.33 bits per heavy atom. The Hall–Kier alpha value is -0.580. The van der Waals surface area contributed by atoms with E-state index in [2.05, 4.69) is 0 Å². The van der Waals surface area contributed by atoms with Crippen molar-refractivity contribution in [1.29, 1.82) is 0 Å². The fraction of sp³-hybridized carbons (Fsp3) is 0.857. The number of hydrogen-bond donors (Lipinski definition) is 0. The largest absolute Gasteiger partial charge is 0.274 e. The molecular formula is C7H13NO3S. The second-order valence-electron chi connectivity index (χ2n) is 3.20. The van der Waals surface area contributed by atoms with E-state index in [4.69, 9.17) is 0 Å². The highest BCUT2D eigenvalue weighted by atomic mass is 32.2. The third-order valence-corrected chi connectivity index (χ3v) is 3.84. The molecule has 4 nitrogen and oxygen atoms in total. The molecule has 1 aliphatic heterocycles. The SMILES string of the molecule is CC(C)N1C(=O)CCCS1(=O)=O. The molecule has 0 aromatic carbocycles. The molecule has 1 fully saturated rings. The topological polar surface area (TPSA) is 54.5 Å². The molecule has 0 saturated carbocycles. The smallest absolute Gasteiger partial charge is 0.237 e. The van der Waals surface area contributed by atoms with Gasteiger partial charge in [0.1, 0.15) is 0 Å². The van der Waals surface area contributed by atoms with Gasteiger partial charge < -0.3 is 0 Å². The van der Waals surface area contributed by atoms with E-state index in [0.29, 0.717) is 12.8 Å². The maximum absolute atomic E-state index is 11.3. The summed E-state index contributed by atoms with van der Waals surface area (Å²) in [5, 5.41) is 0. The molecule has 1 saturated heterocycles. The average molecular weight is 191 g/mol. The van der Waals surface area contributed by atoms with Gasteiger partial charge in [0.15, 0.2) is 0 Å². The summed E-state index contributed by atoms with van der Waals surface area (Å²) in [6.07, 6.45) is 0.821. The van der Waals surface area contributed by atoms with Crippen LogP contribution in [0.1, 0.15) is 26.7 Å². The first-order valence-corrected chi connectivity index (χ1v) is 5.61. The van der Waals surface area contributed by atoms with Gasteiger partial charge in [-0.05, 0) is 20.3 Å². The van der Waals surface area contributed by atoms with Crippen LogP contribution in [0.5, 0.6) is 0 Å². The normalized spacial score (nSPS) is 23.2. The fourth-order valence-electron chi connectivity index (χ4n) is 1.38. The van der Waals surface area contributed by atoms with Crippen LogP contribution in [-0.4, -0.2) is 30.4 Å². The summed E-state index contributed by atoms with van der Waals surface area (Å²) in [5.74, 6) is -0.159. The zero-order valence-electron chi connectivity index (χ0n) is 7.28. The van der Waals surface area contributed by atoms with Crippen molar-refractivity contribution in [2.45, 2.75) is 32.7 Å². The molecule has 1 rings (SSSR count). The zero-order valence-corrected chi connectivity index (χ0v) is 8.10. The van der Waals surface area contributed by atoms with E-state index < -0.39 is 10.0 Å². The van der Waals surface area contributed by atoms with Gasteiger partial charge >= 0.3 is 0 Å². The zero-order chi connectivity index (χ0) is 9.35. The maximum Gasteiger partial charge on any atom is 0.237 e. The van der Waals surface area contributed by atoms with Gasteiger partial charge in [-0.3, -0.25) is 4.79 Å². The summed E-state index contributed by atoms with van der Waals surface area (Å²) in [7, 11) is -3.29. The van der Waals surface area contributed by atoms with Crippen molar-refractivity contribution in [2.75, 3.05) is 5.75 Å². The molecule has 0 N–H and O–H groups in total. The Morgan fingerprint density at radius 1 is 1.42 bits per heavy atom. The molecule has 12 heavy (non-hydrogen) atoms. The first-order chi connectivity index (χ1) is 5.45. The summed E-state index contributed by atoms with van der Waals surface area (Å²) in [6, 6.07) is -0.247. The second kappa shape index (κ2) is 3.05. The van der Waals surface area contributed by atoms with Crippen LogP contribution >= 0.6 is 0 Å². The molecular weight excluding hydrogens is 178 g/mol. The Kier molecular flexibility index (Phi) is 2.41. The van der Waals surface area contributed by atoms with Crippen LogP contribution in [0, 0.1) is 0 Å². The molecule has 0 aliphatic carbocycles. The average Bonchev–Trinajstić information content (AvgIpc) is 1.82. The quantitative estimate of drug-likeness (QED) is 0.601. The summed E-state index contributed by atoms with van der Waals surface area (Å²) < 4.78 is 23.7. The van der Waals surface area contributed by atoms with Crippen molar-refractivity contribution < 1.29 is 13.2 Å². The van der Waals surface area contributed by atoms with Crippen molar-refractivity contribution in [1.82, 2.24) is 4.31 Å². The van der Waals surface area contributed by atoms with Gasteiger partial charge in [-0.1, -0.05) is 0 Å². The third-order valence-electron chi connectivity index (χ3n) is 1.81. The van der Waals surface area contributed by atoms with Crippen molar-refractivity contribution in [3.63, 3.8) is 0 Å². The highest BCUT2D eigenvalue weighted by molar-refractivity contribution is 7.89. The third kappa shape index (κ3) is 1.60. The van der Waals surface area contributed by atoms with E-state index in [1.807, 2.05) is 0 Å². The van der Waals surface area contributed by atoms with Crippen molar-refractivity contribution >= 4 is 15.9 Å². The monoisotopic (exact) mass is 191 g/mol. The van der Waals surface area contributed by atoms with E-state index in [9.17, 15) is 13.2 Å². The number of nitrogens with zero attached hydrogens (tertiary/aromatic N) is 1. The molecule has 1 aliphatic rings. The Bertz CT molecular complexity index is 281. The first-order valence-electron chi connectivity index (χ1n) is 4.00. The predicted molar refractivity (Wildman–Crippen MR) is 45.0 cm³/mol. The number of hydrogen-bond acceptors (Lipinski definition) is 3. The highest BCUT2D eigenvalue weighted by Crippen LogP contribution is 2.17. The van der Waals surface area contributed by atoms with Gasteiger partial charge in [-0.15, -0.1) is 0 Å². The van der Waals surface area contributed by atoms with Crippen LogP contribution < -0.4 is 0 Å². The van der Waals surface area contributed by atoms with Crippen molar-refractivity contribution in [2.24, 2.45) is 0 Å². The lowest BCUT2D eigenvalue weighted by atomic mass is 10.3. The molecule has 0 atom stereocenters. The summed E-state index contributed by atoms with van der Waals surface area (Å²) in [4.78, 5) is 11.2. The number of amides is 1. The lowest BCUT2D eigenvalue weighted by molar-refractivity contribution is -0.128. The molecule has 1 amide bonds. The fourth-order valence-corrected chi connectivity index (χ4v) is 3.13. The molecule has 0 bridgehead atoms. The van der Waals surface area contributed by atoms with Crippen LogP contribution in [-0.2, 0) is 14.8 Å². The molecule has 1 heterocycles. The van der Waals surface area contributed by atoms with E-state index in [0.717, 1.165) is 4.31 Å². The van der Waals surface area contributed by atoms with Gasteiger partial charge in [-0.2, -0.15) is 0 Å². The Labute approximate surface area is 72.6 Å². The molecule has 0 aromatic heterocycles. The van der Waals surface area contributed by atoms with Crippen LogP contribution in [0.15, 0.2) is 0 Å². The molecule has 70 valence electrons. The van der Waals surface area contributed by atoms with Gasteiger partial charge in [-0.25, -0.2) is 12.7 Å². The number of sulfonamides is 1. The summed E-state index contributed by atoms with van der Waals surface area (Å²) in [6.45, 7) is 3.42. The van der Waals surface area contributed by atoms with Crippen molar-refractivity contribution in [3.05, 3.63) is 0 Å². The van der Waals surface area contributed by atoms with Crippen LogP contribution in [0.4, 0.5) is 0 Å². The lowest BCUT2D eigenvalue weighted by Gasteiger charge is -2.29. The summed E-state index contributed by atoms with van der Waals surface area (Å²) >= 11 is 0. The first kappa shape index (κ1) is 9.51. The van der Waals surface area contributed by atoms with E-state index in [1.54, 1.807) is 13.8 Å². The minimum atomic E-state index is -3.29. The van der Waals surface area contributed by atoms with Crippen molar-refractivity contribution in [3.8, 4) is 0 Å². The Balaban J connectivity index is 2.97. The molecule has 0 spiro atoms. The number of carbonyl (C=O) groups is 1. The predicted octanol–water partition coefficient (Wildman–Crippen LogP) is 0.347. The molecule has 5 heteroatoms. The van der Waals surface area contributed by atoms with E-state index >= 15 is 0 Å². The molecule has 0 aromatic rings. The van der Waals surface area contributed by atoms with Crippen LogP contribution in [0.25, 0.3) is 0 Å². The molecule has 0 radical (unpaired) electrons. The van der Waals surface area contributed by atoms with E-state index in [1.165, 1.54) is 0 Å². The van der Waals surface area contributed by atoms with Crippen LogP contribution in [0.3, 0.4) is 0 Å². The Morgan fingerprint density at radius 2 is 2.00 bits per heavy atom. The maximum atomic E-state index is 11.3. The standard InChI is InChI=1S/C7H13NO3S/c1-6(2)8-7(9)4-3-5-12(8,10)11/h6H,3-5H2,1-2H3. The second-order valence-corrected chi connectivity index (χ2v) is 5.17. The van der Waals surface area contributed by atoms with Gasteiger partial charge in [0, 0.05) is 12.5 Å². The summed E-state index contributed by atoms with van der Waals surface area (Å²) in [5.41, 5.74) is 0. The minimum absolute atomic E-state index is 0.108. The number of rotatable bonds is 1. The van der Waals surface area contributed by atoms with E-state index in [-0.39, 0.29) is 17.7 Å². The lowest BCUT2D eigenvalue weighted by Crippen LogP contribution is -2.46. The van der Waals surface area contributed by atoms with Crippen LogP contribution in [0.2, 0.25) is 0 Å². The highest BCUT2D eigenvalue weighted by Gasteiger charge is 2.33. The van der Waals surface area contributed by atoms with Gasteiger partial charge in [0.05, 0.1) is 5.75 Å².